The first-order chi connectivity index (χ1) is 8.33. The number of hydrogen-bond donors (Lipinski definition) is 1. The highest BCUT2D eigenvalue weighted by Crippen LogP contribution is 2.32. The summed E-state index contributed by atoms with van der Waals surface area (Å²) in [6.45, 7) is 2.33. The van der Waals surface area contributed by atoms with Gasteiger partial charge >= 0.3 is 0 Å². The van der Waals surface area contributed by atoms with E-state index in [1.165, 1.54) is 57.8 Å². The van der Waals surface area contributed by atoms with Crippen LogP contribution in [0, 0.1) is 5.92 Å². The van der Waals surface area contributed by atoms with Crippen LogP contribution in [-0.2, 0) is 0 Å². The van der Waals surface area contributed by atoms with E-state index in [9.17, 15) is 0 Å². The van der Waals surface area contributed by atoms with E-state index < -0.39 is 0 Å². The van der Waals surface area contributed by atoms with Gasteiger partial charge in [0.05, 0.1) is 0 Å². The van der Waals surface area contributed by atoms with E-state index in [2.05, 4.69) is 30.3 Å². The lowest BCUT2D eigenvalue weighted by molar-refractivity contribution is 0.264. The van der Waals surface area contributed by atoms with Gasteiger partial charge < -0.3 is 5.32 Å². The van der Waals surface area contributed by atoms with Crippen LogP contribution in [0.2, 0.25) is 0 Å². The average molecular weight is 255 g/mol. The van der Waals surface area contributed by atoms with E-state index in [1.54, 1.807) is 0 Å². The number of nitrogens with one attached hydrogen (secondary N) is 1. The molecule has 0 bridgehead atoms. The lowest BCUT2D eigenvalue weighted by atomic mass is 9.83. The molecule has 2 rings (SSSR count). The van der Waals surface area contributed by atoms with Crippen LogP contribution < -0.4 is 5.32 Å². The van der Waals surface area contributed by atoms with Gasteiger partial charge in [0.25, 0.3) is 0 Å². The van der Waals surface area contributed by atoms with Crippen LogP contribution in [0.1, 0.15) is 64.7 Å². The molecule has 2 fully saturated rings. The third-order valence-corrected chi connectivity index (χ3v) is 5.92. The highest BCUT2D eigenvalue weighted by molar-refractivity contribution is 7.99. The molecule has 17 heavy (non-hydrogen) atoms. The smallest absolute Gasteiger partial charge is 0.0198 e. The standard InChI is InChI=1S/C15H29NS/c1-3-5-12-8-10-13(11-9-12)16-14-6-4-7-15(14)17-2/h12-16H,3-11H2,1-2H3. The Bertz CT molecular complexity index is 211. The minimum atomic E-state index is 0.817. The molecular formula is C15H29NS. The zero-order valence-electron chi connectivity index (χ0n) is 11.6. The Kier molecular flexibility index (Phi) is 5.68. The van der Waals surface area contributed by atoms with Gasteiger partial charge in [0.2, 0.25) is 0 Å². The van der Waals surface area contributed by atoms with Crippen molar-refractivity contribution in [1.29, 1.82) is 0 Å². The van der Waals surface area contributed by atoms with Crippen LogP contribution in [0.25, 0.3) is 0 Å². The number of hydrogen-bond acceptors (Lipinski definition) is 2. The molecule has 2 heteroatoms. The molecule has 0 spiro atoms. The van der Waals surface area contributed by atoms with E-state index in [4.69, 9.17) is 0 Å². The molecule has 0 saturated heterocycles. The van der Waals surface area contributed by atoms with E-state index in [-0.39, 0.29) is 0 Å². The molecule has 2 saturated carbocycles. The summed E-state index contributed by atoms with van der Waals surface area (Å²) in [5, 5.41) is 4.85. The van der Waals surface area contributed by atoms with Crippen LogP contribution >= 0.6 is 11.8 Å². The first kappa shape index (κ1) is 13.7. The number of thioether (sulfide) groups is 1. The fraction of sp³-hybridized carbons (Fsp3) is 1.00. The van der Waals surface area contributed by atoms with Crippen molar-refractivity contribution < 1.29 is 0 Å². The van der Waals surface area contributed by atoms with Crippen molar-refractivity contribution in [2.45, 2.75) is 82.0 Å². The number of rotatable bonds is 5. The normalized spacial score (nSPS) is 38.5. The summed E-state index contributed by atoms with van der Waals surface area (Å²) < 4.78 is 0. The fourth-order valence-electron chi connectivity index (χ4n) is 3.73. The van der Waals surface area contributed by atoms with Gasteiger partial charge in [-0.3, -0.25) is 0 Å². The van der Waals surface area contributed by atoms with E-state index >= 15 is 0 Å². The molecule has 1 nitrogen and oxygen atoms in total. The SMILES string of the molecule is CCCC1CCC(NC2CCCC2SC)CC1. The topological polar surface area (TPSA) is 12.0 Å². The van der Waals surface area contributed by atoms with Crippen LogP contribution in [0.3, 0.4) is 0 Å². The van der Waals surface area contributed by atoms with Gasteiger partial charge in [-0.2, -0.15) is 11.8 Å². The molecule has 2 atom stereocenters. The van der Waals surface area contributed by atoms with E-state index in [0.717, 1.165) is 23.3 Å². The lowest BCUT2D eigenvalue weighted by Crippen LogP contribution is -2.43. The van der Waals surface area contributed by atoms with Crippen molar-refractivity contribution in [1.82, 2.24) is 5.32 Å². The first-order valence-corrected chi connectivity index (χ1v) is 8.91. The molecule has 0 heterocycles. The van der Waals surface area contributed by atoms with E-state index in [1.807, 2.05) is 0 Å². The summed E-state index contributed by atoms with van der Waals surface area (Å²) >= 11 is 2.08. The van der Waals surface area contributed by atoms with E-state index in [0.29, 0.717) is 0 Å². The van der Waals surface area contributed by atoms with Crippen molar-refractivity contribution in [3.63, 3.8) is 0 Å². The molecule has 2 aliphatic rings. The maximum absolute atomic E-state index is 3.96. The molecular weight excluding hydrogens is 226 g/mol. The van der Waals surface area contributed by atoms with Crippen molar-refractivity contribution in [3.05, 3.63) is 0 Å². The van der Waals surface area contributed by atoms with Gasteiger partial charge in [0, 0.05) is 17.3 Å². The summed E-state index contributed by atoms with van der Waals surface area (Å²) in [6, 6.07) is 1.65. The summed E-state index contributed by atoms with van der Waals surface area (Å²) in [5.41, 5.74) is 0. The molecule has 0 aliphatic heterocycles. The van der Waals surface area contributed by atoms with Crippen LogP contribution in [0.15, 0.2) is 0 Å². The summed E-state index contributed by atoms with van der Waals surface area (Å²) in [6.07, 6.45) is 15.2. The second kappa shape index (κ2) is 7.04. The third kappa shape index (κ3) is 3.89. The quantitative estimate of drug-likeness (QED) is 0.789. The Labute approximate surface area is 112 Å². The molecule has 0 aromatic heterocycles. The maximum Gasteiger partial charge on any atom is 0.0198 e. The summed E-state index contributed by atoms with van der Waals surface area (Å²) in [4.78, 5) is 0. The zero-order valence-corrected chi connectivity index (χ0v) is 12.4. The second-order valence-corrected chi connectivity index (χ2v) is 7.06. The van der Waals surface area contributed by atoms with Gasteiger partial charge in [0.1, 0.15) is 0 Å². The van der Waals surface area contributed by atoms with Gasteiger partial charge in [-0.05, 0) is 50.7 Å². The lowest BCUT2D eigenvalue weighted by Gasteiger charge is -2.32. The molecule has 0 radical (unpaired) electrons. The zero-order chi connectivity index (χ0) is 12.1. The Balaban J connectivity index is 1.70. The van der Waals surface area contributed by atoms with Crippen LogP contribution in [-0.4, -0.2) is 23.6 Å². The summed E-state index contributed by atoms with van der Waals surface area (Å²) in [5.74, 6) is 1.04. The minimum Gasteiger partial charge on any atom is -0.310 e. The Morgan fingerprint density at radius 2 is 1.82 bits per heavy atom. The van der Waals surface area contributed by atoms with Crippen molar-refractivity contribution >= 4 is 11.8 Å². The van der Waals surface area contributed by atoms with Gasteiger partial charge in [-0.25, -0.2) is 0 Å². The Morgan fingerprint density at radius 1 is 1.06 bits per heavy atom. The minimum absolute atomic E-state index is 0.817. The fourth-order valence-corrected chi connectivity index (χ4v) is 4.67. The molecule has 1 N–H and O–H groups in total. The van der Waals surface area contributed by atoms with Crippen molar-refractivity contribution in [2.75, 3.05) is 6.26 Å². The average Bonchev–Trinajstić information content (AvgIpc) is 2.79. The Morgan fingerprint density at radius 3 is 2.47 bits per heavy atom. The van der Waals surface area contributed by atoms with Crippen molar-refractivity contribution in [2.24, 2.45) is 5.92 Å². The molecule has 0 aromatic rings. The third-order valence-electron chi connectivity index (χ3n) is 4.75. The molecule has 0 amide bonds. The highest BCUT2D eigenvalue weighted by Gasteiger charge is 2.29. The van der Waals surface area contributed by atoms with Gasteiger partial charge in [0.15, 0.2) is 0 Å². The predicted octanol–water partition coefficient (Wildman–Crippen LogP) is 4.22. The van der Waals surface area contributed by atoms with Crippen LogP contribution in [0.4, 0.5) is 0 Å². The highest BCUT2D eigenvalue weighted by atomic mass is 32.2. The monoisotopic (exact) mass is 255 g/mol. The molecule has 2 aliphatic carbocycles. The first-order valence-electron chi connectivity index (χ1n) is 7.62. The Hall–Kier alpha value is 0.310. The van der Waals surface area contributed by atoms with Gasteiger partial charge in [-0.15, -0.1) is 0 Å². The van der Waals surface area contributed by atoms with Gasteiger partial charge in [-0.1, -0.05) is 26.2 Å². The summed E-state index contributed by atoms with van der Waals surface area (Å²) in [7, 11) is 0. The molecule has 0 aromatic carbocycles. The second-order valence-electron chi connectivity index (χ2n) is 5.98. The predicted molar refractivity (Wildman–Crippen MR) is 78.7 cm³/mol. The van der Waals surface area contributed by atoms with Crippen molar-refractivity contribution in [3.8, 4) is 0 Å². The largest absolute Gasteiger partial charge is 0.310 e. The molecule has 2 unspecified atom stereocenters. The van der Waals surface area contributed by atoms with Crippen LogP contribution in [0.5, 0.6) is 0 Å². The molecule has 100 valence electrons. The maximum atomic E-state index is 3.96.